The summed E-state index contributed by atoms with van der Waals surface area (Å²) in [7, 11) is -3.70. The van der Waals surface area contributed by atoms with Crippen molar-refractivity contribution in [2.75, 3.05) is 37.4 Å². The minimum absolute atomic E-state index is 0.0206. The summed E-state index contributed by atoms with van der Waals surface area (Å²) in [6.45, 7) is 12.0. The van der Waals surface area contributed by atoms with Crippen LogP contribution < -0.4 is 5.32 Å². The molecule has 2 fully saturated rings. The maximum absolute atomic E-state index is 13.4. The molecule has 1 N–H and O–H groups in total. The Labute approximate surface area is 288 Å². The largest absolute Gasteiger partial charge is 0.458 e. The van der Waals surface area contributed by atoms with Crippen molar-refractivity contribution in [3.8, 4) is 11.4 Å². The maximum Gasteiger partial charge on any atom is 0.340 e. The van der Waals surface area contributed by atoms with Crippen LogP contribution in [-0.4, -0.2) is 77.5 Å². The van der Waals surface area contributed by atoms with E-state index in [1.165, 1.54) is 16.1 Å². The highest BCUT2D eigenvalue weighted by Gasteiger charge is 2.34. The van der Waals surface area contributed by atoms with Crippen molar-refractivity contribution in [2.45, 2.75) is 82.5 Å². The van der Waals surface area contributed by atoms with Gasteiger partial charge in [0.25, 0.3) is 0 Å². The van der Waals surface area contributed by atoms with E-state index < -0.39 is 16.0 Å². The lowest BCUT2D eigenvalue weighted by Crippen LogP contribution is -2.40. The molecule has 2 aliphatic rings. The Morgan fingerprint density at radius 2 is 1.81 bits per heavy atom. The quantitative estimate of drug-likeness (QED) is 0.171. The number of para-hydroxylation sites is 1. The molecule has 5 rings (SSSR count). The van der Waals surface area contributed by atoms with Gasteiger partial charge in [0.2, 0.25) is 15.9 Å². The summed E-state index contributed by atoms with van der Waals surface area (Å²) in [5.41, 5.74) is 1.35. The molecule has 48 heavy (non-hydrogen) atoms. The highest BCUT2D eigenvalue weighted by Crippen LogP contribution is 2.36. The number of sulfonamides is 1. The molecule has 1 amide bonds. The Bertz CT molecular complexity index is 1690. The fourth-order valence-electron chi connectivity index (χ4n) is 6.42. The molecule has 4 atom stereocenters. The predicted molar refractivity (Wildman–Crippen MR) is 186 cm³/mol. The SMILES string of the molecule is CCC(C)n1c(SCC(=O)Nc2ccccc2C(=O)OC2CC(C)CCC2C(C)C)nnc1-c1cccc(S(=O)(=O)N2CCOCC2)c1. The second-order valence-electron chi connectivity index (χ2n) is 13.1. The number of morpholine rings is 1. The van der Waals surface area contributed by atoms with Crippen LogP contribution in [0.25, 0.3) is 11.4 Å². The minimum Gasteiger partial charge on any atom is -0.458 e. The van der Waals surface area contributed by atoms with Crippen molar-refractivity contribution >= 4 is 39.3 Å². The molecule has 3 aromatic rings. The Hall–Kier alpha value is -3.26. The minimum atomic E-state index is -3.70. The van der Waals surface area contributed by atoms with Crippen molar-refractivity contribution in [3.63, 3.8) is 0 Å². The van der Waals surface area contributed by atoms with E-state index in [-0.39, 0.29) is 28.7 Å². The van der Waals surface area contributed by atoms with Gasteiger partial charge in [0, 0.05) is 24.7 Å². The number of carbonyl (C=O) groups excluding carboxylic acids is 2. The lowest BCUT2D eigenvalue weighted by molar-refractivity contribution is -0.113. The summed E-state index contributed by atoms with van der Waals surface area (Å²) >= 11 is 1.23. The lowest BCUT2D eigenvalue weighted by Gasteiger charge is -2.36. The number of amides is 1. The zero-order valence-electron chi connectivity index (χ0n) is 28.4. The number of benzene rings is 2. The standard InChI is InChI=1S/C35H47N5O6S2/c1-6-25(5)40-33(26-10-9-11-27(21-26)48(43,44)39-16-18-45-19-17-39)37-38-35(40)47-22-32(41)36-30-13-8-7-12-29(30)34(42)46-31-20-24(4)14-15-28(31)23(2)3/h7-13,21,23-25,28,31H,6,14-20,22H2,1-5H3,(H,36,41). The van der Waals surface area contributed by atoms with E-state index in [9.17, 15) is 18.0 Å². The number of hydrogen-bond acceptors (Lipinski definition) is 9. The molecular weight excluding hydrogens is 651 g/mol. The molecule has 11 nitrogen and oxygen atoms in total. The fraction of sp³-hybridized carbons (Fsp3) is 0.543. The number of thioether (sulfide) groups is 1. The normalized spacial score (nSPS) is 21.2. The Morgan fingerprint density at radius 1 is 1.06 bits per heavy atom. The van der Waals surface area contributed by atoms with Crippen molar-refractivity contribution in [2.24, 2.45) is 17.8 Å². The van der Waals surface area contributed by atoms with Crippen LogP contribution in [0, 0.1) is 17.8 Å². The number of esters is 1. The summed E-state index contributed by atoms with van der Waals surface area (Å²) < 4.78 is 41.5. The van der Waals surface area contributed by atoms with Gasteiger partial charge in [-0.2, -0.15) is 4.31 Å². The maximum atomic E-state index is 13.4. The number of anilines is 1. The molecule has 0 radical (unpaired) electrons. The van der Waals surface area contributed by atoms with Gasteiger partial charge in [-0.05, 0) is 68.2 Å². The average Bonchev–Trinajstić information content (AvgIpc) is 3.51. The van der Waals surface area contributed by atoms with E-state index in [4.69, 9.17) is 9.47 Å². The van der Waals surface area contributed by atoms with E-state index in [0.717, 1.165) is 25.7 Å². The summed E-state index contributed by atoms with van der Waals surface area (Å²) in [5, 5.41) is 12.3. The molecule has 1 saturated heterocycles. The third-order valence-electron chi connectivity index (χ3n) is 9.37. The Kier molecular flexibility index (Phi) is 12.0. The van der Waals surface area contributed by atoms with E-state index in [1.807, 2.05) is 24.5 Å². The molecule has 13 heteroatoms. The molecular formula is C35H47N5O6S2. The number of ether oxygens (including phenoxy) is 2. The van der Waals surface area contributed by atoms with Crippen LogP contribution in [0.2, 0.25) is 0 Å². The van der Waals surface area contributed by atoms with Gasteiger partial charge in [0.1, 0.15) is 6.10 Å². The van der Waals surface area contributed by atoms with Crippen LogP contribution in [0.15, 0.2) is 58.6 Å². The third-order valence-corrected chi connectivity index (χ3v) is 12.2. The number of hydrogen-bond donors (Lipinski definition) is 1. The van der Waals surface area contributed by atoms with Gasteiger partial charge in [-0.25, -0.2) is 13.2 Å². The molecule has 0 spiro atoms. The van der Waals surface area contributed by atoms with Gasteiger partial charge in [0.05, 0.1) is 35.1 Å². The molecule has 1 aliphatic carbocycles. The van der Waals surface area contributed by atoms with Crippen LogP contribution >= 0.6 is 11.8 Å². The third kappa shape index (κ3) is 8.30. The van der Waals surface area contributed by atoms with Crippen LogP contribution in [0.5, 0.6) is 0 Å². The number of carbonyl (C=O) groups is 2. The number of aromatic nitrogens is 3. The van der Waals surface area contributed by atoms with Crippen molar-refractivity contribution in [3.05, 3.63) is 54.1 Å². The van der Waals surface area contributed by atoms with Crippen LogP contribution in [0.3, 0.4) is 0 Å². The van der Waals surface area contributed by atoms with Crippen LogP contribution in [-0.2, 0) is 24.3 Å². The summed E-state index contributed by atoms with van der Waals surface area (Å²) in [4.78, 5) is 26.8. The van der Waals surface area contributed by atoms with Gasteiger partial charge in [0.15, 0.2) is 11.0 Å². The smallest absolute Gasteiger partial charge is 0.340 e. The van der Waals surface area contributed by atoms with E-state index in [0.29, 0.717) is 71.9 Å². The summed E-state index contributed by atoms with van der Waals surface area (Å²) in [5.74, 6) is 1.04. The molecule has 1 saturated carbocycles. The van der Waals surface area contributed by atoms with Gasteiger partial charge < -0.3 is 14.8 Å². The van der Waals surface area contributed by atoms with Crippen LogP contribution in [0.4, 0.5) is 5.69 Å². The summed E-state index contributed by atoms with van der Waals surface area (Å²) in [6.07, 6.45) is 3.63. The molecule has 1 aromatic heterocycles. The van der Waals surface area contributed by atoms with E-state index in [1.54, 1.807) is 42.5 Å². The van der Waals surface area contributed by atoms with Crippen LogP contribution in [0.1, 0.15) is 76.7 Å². The van der Waals surface area contributed by atoms with E-state index in [2.05, 4.69) is 36.3 Å². The topological polar surface area (TPSA) is 133 Å². The number of nitrogens with zero attached hydrogens (tertiary/aromatic N) is 4. The Balaban J connectivity index is 1.29. The van der Waals surface area contributed by atoms with Crippen molar-refractivity contribution in [1.29, 1.82) is 0 Å². The van der Waals surface area contributed by atoms with Gasteiger partial charge in [-0.15, -0.1) is 10.2 Å². The van der Waals surface area contributed by atoms with E-state index >= 15 is 0 Å². The zero-order valence-corrected chi connectivity index (χ0v) is 30.1. The average molecular weight is 698 g/mol. The second-order valence-corrected chi connectivity index (χ2v) is 16.0. The first-order chi connectivity index (χ1) is 23.0. The summed E-state index contributed by atoms with van der Waals surface area (Å²) in [6, 6.07) is 13.6. The highest BCUT2D eigenvalue weighted by atomic mass is 32.2. The molecule has 260 valence electrons. The number of rotatable bonds is 12. The van der Waals surface area contributed by atoms with Crippen molar-refractivity contribution < 1.29 is 27.5 Å². The zero-order chi connectivity index (χ0) is 34.4. The molecule has 2 heterocycles. The first-order valence-electron chi connectivity index (χ1n) is 16.9. The lowest BCUT2D eigenvalue weighted by atomic mass is 9.75. The highest BCUT2D eigenvalue weighted by molar-refractivity contribution is 7.99. The first-order valence-corrected chi connectivity index (χ1v) is 19.3. The monoisotopic (exact) mass is 697 g/mol. The fourth-order valence-corrected chi connectivity index (χ4v) is 8.71. The predicted octanol–water partition coefficient (Wildman–Crippen LogP) is 6.29. The molecule has 4 unspecified atom stereocenters. The molecule has 2 aromatic carbocycles. The van der Waals surface area contributed by atoms with Crippen molar-refractivity contribution in [1.82, 2.24) is 19.1 Å². The first kappa shape index (κ1) is 36.0. The Morgan fingerprint density at radius 3 is 2.54 bits per heavy atom. The van der Waals surface area contributed by atoms with Gasteiger partial charge in [-0.1, -0.05) is 70.1 Å². The number of nitrogens with one attached hydrogen (secondary N) is 1. The van der Waals surface area contributed by atoms with Gasteiger partial charge in [-0.3, -0.25) is 9.36 Å². The molecule has 0 bridgehead atoms. The van der Waals surface area contributed by atoms with Gasteiger partial charge >= 0.3 is 5.97 Å². The molecule has 1 aliphatic heterocycles. The second kappa shape index (κ2) is 16.0.